The van der Waals surface area contributed by atoms with Crippen molar-refractivity contribution >= 4 is 23.2 Å². The maximum absolute atomic E-state index is 6.16. The summed E-state index contributed by atoms with van der Waals surface area (Å²) >= 11 is 12.0. The van der Waals surface area contributed by atoms with Crippen LogP contribution in [0, 0.1) is 0 Å². The summed E-state index contributed by atoms with van der Waals surface area (Å²) in [4.78, 5) is 0. The second-order valence-corrected chi connectivity index (χ2v) is 5.01. The predicted molar refractivity (Wildman–Crippen MR) is 75.3 cm³/mol. The van der Waals surface area contributed by atoms with Crippen LogP contribution < -0.4 is 5.32 Å². The normalized spacial score (nSPS) is 12.6. The standard InChI is InChI=1S/C14H15Cl2NO/c1-10(13-5-4-11(15)9-14(13)16)17-7-6-12-3-2-8-18-12/h2-5,8-10,17H,6-7H2,1H3. The number of benzene rings is 1. The average Bonchev–Trinajstić information content (AvgIpc) is 2.81. The first-order chi connectivity index (χ1) is 8.66. The minimum atomic E-state index is 0.185. The second-order valence-electron chi connectivity index (χ2n) is 4.17. The first-order valence-corrected chi connectivity index (χ1v) is 6.63. The highest BCUT2D eigenvalue weighted by Crippen LogP contribution is 2.25. The molecule has 1 heterocycles. The lowest BCUT2D eigenvalue weighted by atomic mass is 10.1. The number of rotatable bonds is 5. The van der Waals surface area contributed by atoms with Crippen LogP contribution in [0.3, 0.4) is 0 Å². The van der Waals surface area contributed by atoms with E-state index in [0.29, 0.717) is 10.0 Å². The van der Waals surface area contributed by atoms with Gasteiger partial charge in [0.15, 0.2) is 0 Å². The fraction of sp³-hybridized carbons (Fsp3) is 0.286. The summed E-state index contributed by atoms with van der Waals surface area (Å²) in [5.41, 5.74) is 1.06. The quantitative estimate of drug-likeness (QED) is 0.875. The lowest BCUT2D eigenvalue weighted by Crippen LogP contribution is -2.21. The Kier molecular flexibility index (Phi) is 4.70. The Bertz CT molecular complexity index is 497. The van der Waals surface area contributed by atoms with Gasteiger partial charge in [-0.15, -0.1) is 0 Å². The summed E-state index contributed by atoms with van der Waals surface area (Å²) in [6, 6.07) is 9.63. The molecule has 2 nitrogen and oxygen atoms in total. The van der Waals surface area contributed by atoms with Crippen molar-refractivity contribution < 1.29 is 4.42 Å². The first-order valence-electron chi connectivity index (χ1n) is 5.87. The fourth-order valence-corrected chi connectivity index (χ4v) is 2.40. The third kappa shape index (κ3) is 3.52. The van der Waals surface area contributed by atoms with Gasteiger partial charge < -0.3 is 9.73 Å². The molecule has 0 saturated carbocycles. The molecule has 1 atom stereocenters. The Balaban J connectivity index is 1.89. The summed E-state index contributed by atoms with van der Waals surface area (Å²) < 4.78 is 5.28. The van der Waals surface area contributed by atoms with Crippen LogP contribution in [0.4, 0.5) is 0 Å². The molecule has 0 radical (unpaired) electrons. The SMILES string of the molecule is CC(NCCc1ccco1)c1ccc(Cl)cc1Cl. The van der Waals surface area contributed by atoms with E-state index in [0.717, 1.165) is 24.3 Å². The van der Waals surface area contributed by atoms with Gasteiger partial charge in [-0.2, -0.15) is 0 Å². The van der Waals surface area contributed by atoms with Gasteiger partial charge in [0.1, 0.15) is 5.76 Å². The van der Waals surface area contributed by atoms with Gasteiger partial charge in [0.25, 0.3) is 0 Å². The Morgan fingerprint density at radius 3 is 2.78 bits per heavy atom. The zero-order valence-electron chi connectivity index (χ0n) is 10.1. The van der Waals surface area contributed by atoms with Crippen molar-refractivity contribution in [2.75, 3.05) is 6.54 Å². The van der Waals surface area contributed by atoms with Gasteiger partial charge in [-0.3, -0.25) is 0 Å². The van der Waals surface area contributed by atoms with Gasteiger partial charge in [-0.1, -0.05) is 29.3 Å². The lowest BCUT2D eigenvalue weighted by molar-refractivity contribution is 0.486. The van der Waals surface area contributed by atoms with Crippen molar-refractivity contribution in [3.05, 3.63) is 58.0 Å². The number of nitrogens with one attached hydrogen (secondary N) is 1. The molecule has 0 aliphatic rings. The van der Waals surface area contributed by atoms with Crippen molar-refractivity contribution in [1.82, 2.24) is 5.32 Å². The number of hydrogen-bond donors (Lipinski definition) is 1. The summed E-state index contributed by atoms with van der Waals surface area (Å²) in [5.74, 6) is 0.983. The van der Waals surface area contributed by atoms with Gasteiger partial charge in [0.05, 0.1) is 6.26 Å². The monoisotopic (exact) mass is 283 g/mol. The molecule has 0 aliphatic carbocycles. The molecule has 4 heteroatoms. The maximum Gasteiger partial charge on any atom is 0.105 e. The fourth-order valence-electron chi connectivity index (χ4n) is 1.83. The molecule has 96 valence electrons. The zero-order chi connectivity index (χ0) is 13.0. The van der Waals surface area contributed by atoms with E-state index in [4.69, 9.17) is 27.6 Å². The smallest absolute Gasteiger partial charge is 0.105 e. The van der Waals surface area contributed by atoms with E-state index in [9.17, 15) is 0 Å². The van der Waals surface area contributed by atoms with E-state index >= 15 is 0 Å². The van der Waals surface area contributed by atoms with Gasteiger partial charge in [0, 0.05) is 29.1 Å². The van der Waals surface area contributed by atoms with Crippen LogP contribution in [-0.2, 0) is 6.42 Å². The third-order valence-electron chi connectivity index (χ3n) is 2.83. The van der Waals surface area contributed by atoms with Gasteiger partial charge in [-0.05, 0) is 36.8 Å². The highest BCUT2D eigenvalue weighted by Gasteiger charge is 2.09. The van der Waals surface area contributed by atoms with Gasteiger partial charge >= 0.3 is 0 Å². The minimum Gasteiger partial charge on any atom is -0.469 e. The third-order valence-corrected chi connectivity index (χ3v) is 3.39. The molecule has 1 N–H and O–H groups in total. The number of hydrogen-bond acceptors (Lipinski definition) is 2. The number of halogens is 2. The molecule has 1 unspecified atom stereocenters. The van der Waals surface area contributed by atoms with Gasteiger partial charge in [-0.25, -0.2) is 0 Å². The molecule has 1 aromatic heterocycles. The molecular weight excluding hydrogens is 269 g/mol. The Morgan fingerprint density at radius 2 is 2.11 bits per heavy atom. The minimum absolute atomic E-state index is 0.185. The highest BCUT2D eigenvalue weighted by molar-refractivity contribution is 6.35. The van der Waals surface area contributed by atoms with Crippen molar-refractivity contribution in [1.29, 1.82) is 0 Å². The van der Waals surface area contributed by atoms with Crippen molar-refractivity contribution in [2.24, 2.45) is 0 Å². The Labute approximate surface area is 117 Å². The van der Waals surface area contributed by atoms with Crippen LogP contribution in [0.5, 0.6) is 0 Å². The number of furan rings is 1. The predicted octanol–water partition coefficient (Wildman–Crippen LogP) is 4.48. The molecule has 0 saturated heterocycles. The Hall–Kier alpha value is -0.960. The summed E-state index contributed by atoms with van der Waals surface area (Å²) in [5, 5.41) is 4.76. The second kappa shape index (κ2) is 6.28. The van der Waals surface area contributed by atoms with Crippen LogP contribution in [0.2, 0.25) is 10.0 Å². The lowest BCUT2D eigenvalue weighted by Gasteiger charge is -2.15. The first kappa shape index (κ1) is 13.5. The van der Waals surface area contributed by atoms with E-state index < -0.39 is 0 Å². The van der Waals surface area contributed by atoms with Crippen LogP contribution >= 0.6 is 23.2 Å². The molecule has 1 aromatic carbocycles. The molecule has 0 bridgehead atoms. The van der Waals surface area contributed by atoms with Crippen molar-refractivity contribution in [3.8, 4) is 0 Å². The summed E-state index contributed by atoms with van der Waals surface area (Å²) in [6.07, 6.45) is 2.55. The van der Waals surface area contributed by atoms with Crippen LogP contribution in [0.1, 0.15) is 24.3 Å². The molecule has 0 spiro atoms. The average molecular weight is 284 g/mol. The van der Waals surface area contributed by atoms with E-state index in [1.165, 1.54) is 0 Å². The topological polar surface area (TPSA) is 25.2 Å². The molecule has 2 aromatic rings. The molecule has 0 aliphatic heterocycles. The van der Waals surface area contributed by atoms with Gasteiger partial charge in [0.2, 0.25) is 0 Å². The molecule has 2 rings (SSSR count). The van der Waals surface area contributed by atoms with Crippen molar-refractivity contribution in [2.45, 2.75) is 19.4 Å². The summed E-state index contributed by atoms with van der Waals surface area (Å²) in [6.45, 7) is 2.92. The van der Waals surface area contributed by atoms with E-state index in [1.807, 2.05) is 24.3 Å². The van der Waals surface area contributed by atoms with Crippen LogP contribution in [0.15, 0.2) is 41.0 Å². The highest BCUT2D eigenvalue weighted by atomic mass is 35.5. The maximum atomic E-state index is 6.16. The van der Waals surface area contributed by atoms with Crippen molar-refractivity contribution in [3.63, 3.8) is 0 Å². The molecule has 0 fully saturated rings. The zero-order valence-corrected chi connectivity index (χ0v) is 11.6. The van der Waals surface area contributed by atoms with E-state index in [-0.39, 0.29) is 6.04 Å². The molecule has 0 amide bonds. The summed E-state index contributed by atoms with van der Waals surface area (Å²) in [7, 11) is 0. The van der Waals surface area contributed by atoms with Crippen LogP contribution in [-0.4, -0.2) is 6.54 Å². The van der Waals surface area contributed by atoms with E-state index in [1.54, 1.807) is 12.3 Å². The molecule has 18 heavy (non-hydrogen) atoms. The largest absolute Gasteiger partial charge is 0.469 e. The molecular formula is C14H15Cl2NO. The van der Waals surface area contributed by atoms with E-state index in [2.05, 4.69) is 12.2 Å². The van der Waals surface area contributed by atoms with Crippen LogP contribution in [0.25, 0.3) is 0 Å². The Morgan fingerprint density at radius 1 is 1.28 bits per heavy atom.